The average Bonchev–Trinajstić information content (AvgIpc) is 3.17. The van der Waals surface area contributed by atoms with E-state index in [1.54, 1.807) is 18.7 Å². The van der Waals surface area contributed by atoms with Crippen LogP contribution in [0.3, 0.4) is 0 Å². The van der Waals surface area contributed by atoms with Gasteiger partial charge in [0.1, 0.15) is 12.4 Å². The van der Waals surface area contributed by atoms with Crippen LogP contribution in [-0.2, 0) is 13.0 Å². The molecule has 0 aliphatic heterocycles. The zero-order valence-corrected chi connectivity index (χ0v) is 21.7. The average molecular weight is 456 g/mol. The van der Waals surface area contributed by atoms with Gasteiger partial charge in [-0.05, 0) is 80.0 Å². The highest BCUT2D eigenvalue weighted by Crippen LogP contribution is 2.25. The van der Waals surface area contributed by atoms with Crippen molar-refractivity contribution in [2.75, 3.05) is 19.5 Å². The Kier molecular flexibility index (Phi) is 13.6. The first kappa shape index (κ1) is 27.9. The Balaban J connectivity index is 0.000000944. The highest BCUT2D eigenvalue weighted by Gasteiger charge is 2.08. The molecule has 1 heterocycles. The topological polar surface area (TPSA) is 34.4 Å². The Labute approximate surface area is 199 Å². The number of nitrogens with zero attached hydrogens (tertiary/aromatic N) is 1. The predicted octanol–water partition coefficient (Wildman–Crippen LogP) is 7.49. The van der Waals surface area contributed by atoms with Gasteiger partial charge in [0, 0.05) is 22.9 Å². The molecule has 0 saturated heterocycles. The number of aliphatic hydroxyl groups is 1. The molecule has 0 radical (unpaired) electrons. The molecule has 32 heavy (non-hydrogen) atoms. The molecular formula is C28H41NO2S. The van der Waals surface area contributed by atoms with Gasteiger partial charge in [-0.2, -0.15) is 0 Å². The van der Waals surface area contributed by atoms with Gasteiger partial charge in [-0.1, -0.05) is 52.0 Å². The van der Waals surface area contributed by atoms with E-state index in [4.69, 9.17) is 9.84 Å². The molecule has 0 fully saturated rings. The second kappa shape index (κ2) is 15.6. The van der Waals surface area contributed by atoms with E-state index in [1.807, 2.05) is 13.8 Å². The van der Waals surface area contributed by atoms with E-state index in [2.05, 4.69) is 92.3 Å². The van der Waals surface area contributed by atoms with Gasteiger partial charge in [0.25, 0.3) is 0 Å². The quantitative estimate of drug-likeness (QED) is 0.357. The van der Waals surface area contributed by atoms with E-state index in [0.717, 1.165) is 18.7 Å². The Morgan fingerprint density at radius 1 is 0.938 bits per heavy atom. The first-order chi connectivity index (χ1) is 15.5. The molecule has 2 aromatic carbocycles. The van der Waals surface area contributed by atoms with Gasteiger partial charge in [0.2, 0.25) is 0 Å². The molecular weight excluding hydrogens is 414 g/mol. The van der Waals surface area contributed by atoms with Crippen molar-refractivity contribution >= 4 is 11.8 Å². The van der Waals surface area contributed by atoms with Crippen LogP contribution in [0.2, 0.25) is 0 Å². The zero-order valence-electron chi connectivity index (χ0n) is 20.9. The summed E-state index contributed by atoms with van der Waals surface area (Å²) in [6, 6.07) is 21.7. The maximum Gasteiger partial charge on any atom is 0.119 e. The lowest BCUT2D eigenvalue weighted by atomic mass is 10.0. The molecule has 0 saturated carbocycles. The number of thioether (sulfide) groups is 1. The summed E-state index contributed by atoms with van der Waals surface area (Å²) in [6.45, 7) is 14.1. The van der Waals surface area contributed by atoms with Gasteiger partial charge in [-0.15, -0.1) is 11.8 Å². The SMILES string of the molecule is CC.CCO.CSc1ccc(-c2ccc(C)n2CCOc2ccc(CC(C)C)cc2)cc1. The summed E-state index contributed by atoms with van der Waals surface area (Å²) in [7, 11) is 0. The fourth-order valence-corrected chi connectivity index (χ4v) is 3.74. The molecule has 176 valence electrons. The maximum absolute atomic E-state index is 7.57. The minimum Gasteiger partial charge on any atom is -0.492 e. The van der Waals surface area contributed by atoms with Gasteiger partial charge in [0.05, 0.1) is 6.54 Å². The summed E-state index contributed by atoms with van der Waals surface area (Å²) < 4.78 is 8.33. The molecule has 4 heteroatoms. The molecule has 0 atom stereocenters. The second-order valence-electron chi connectivity index (χ2n) is 7.65. The third kappa shape index (κ3) is 9.13. The molecule has 1 N–H and O–H groups in total. The zero-order chi connectivity index (χ0) is 23.9. The minimum absolute atomic E-state index is 0.250. The second-order valence-corrected chi connectivity index (χ2v) is 8.53. The van der Waals surface area contributed by atoms with Crippen LogP contribution in [0.5, 0.6) is 5.75 Å². The first-order valence-corrected chi connectivity index (χ1v) is 12.8. The van der Waals surface area contributed by atoms with Crippen LogP contribution in [0.1, 0.15) is 45.9 Å². The highest BCUT2D eigenvalue weighted by atomic mass is 32.2. The number of hydrogen-bond acceptors (Lipinski definition) is 3. The molecule has 0 bridgehead atoms. The van der Waals surface area contributed by atoms with E-state index in [9.17, 15) is 0 Å². The number of ether oxygens (including phenoxy) is 1. The van der Waals surface area contributed by atoms with E-state index in [-0.39, 0.29) is 6.61 Å². The van der Waals surface area contributed by atoms with Crippen molar-refractivity contribution in [3.05, 3.63) is 71.9 Å². The molecule has 0 spiro atoms. The van der Waals surface area contributed by atoms with Crippen LogP contribution in [-0.4, -0.2) is 29.1 Å². The molecule has 3 nitrogen and oxygen atoms in total. The number of rotatable bonds is 8. The van der Waals surface area contributed by atoms with Crippen LogP contribution < -0.4 is 4.74 Å². The summed E-state index contributed by atoms with van der Waals surface area (Å²) in [5.41, 5.74) is 5.12. The van der Waals surface area contributed by atoms with Crippen molar-refractivity contribution in [3.63, 3.8) is 0 Å². The minimum atomic E-state index is 0.250. The van der Waals surface area contributed by atoms with Crippen LogP contribution in [0.4, 0.5) is 0 Å². The van der Waals surface area contributed by atoms with Crippen molar-refractivity contribution in [3.8, 4) is 17.0 Å². The lowest BCUT2D eigenvalue weighted by molar-refractivity contribution is 0.298. The number of benzene rings is 2. The van der Waals surface area contributed by atoms with E-state index in [0.29, 0.717) is 12.5 Å². The summed E-state index contributed by atoms with van der Waals surface area (Å²) in [4.78, 5) is 1.29. The van der Waals surface area contributed by atoms with Crippen molar-refractivity contribution in [1.29, 1.82) is 0 Å². The normalized spacial score (nSPS) is 10.2. The molecule has 3 aromatic rings. The molecule has 3 rings (SSSR count). The summed E-state index contributed by atoms with van der Waals surface area (Å²) >= 11 is 1.77. The largest absolute Gasteiger partial charge is 0.492 e. The number of aromatic nitrogens is 1. The summed E-state index contributed by atoms with van der Waals surface area (Å²) in [5, 5.41) is 7.57. The van der Waals surface area contributed by atoms with Gasteiger partial charge in [-0.3, -0.25) is 0 Å². The Morgan fingerprint density at radius 3 is 2.06 bits per heavy atom. The molecule has 1 aromatic heterocycles. The third-order valence-corrected chi connectivity index (χ3v) is 5.48. The van der Waals surface area contributed by atoms with Gasteiger partial charge >= 0.3 is 0 Å². The van der Waals surface area contributed by atoms with Crippen molar-refractivity contribution in [2.45, 2.75) is 59.4 Å². The van der Waals surface area contributed by atoms with Crippen molar-refractivity contribution in [2.24, 2.45) is 5.92 Å². The van der Waals surface area contributed by atoms with Gasteiger partial charge in [-0.25, -0.2) is 0 Å². The maximum atomic E-state index is 7.57. The van der Waals surface area contributed by atoms with Gasteiger partial charge in [0.15, 0.2) is 0 Å². The molecule has 0 aliphatic rings. The van der Waals surface area contributed by atoms with E-state index >= 15 is 0 Å². The summed E-state index contributed by atoms with van der Waals surface area (Å²) in [5.74, 6) is 1.62. The monoisotopic (exact) mass is 455 g/mol. The smallest absolute Gasteiger partial charge is 0.119 e. The highest BCUT2D eigenvalue weighted by molar-refractivity contribution is 7.98. The predicted molar refractivity (Wildman–Crippen MR) is 141 cm³/mol. The molecule has 0 amide bonds. The molecule has 0 aliphatic carbocycles. The van der Waals surface area contributed by atoms with Crippen LogP contribution in [0, 0.1) is 12.8 Å². The lowest BCUT2D eigenvalue weighted by Gasteiger charge is -2.14. The fourth-order valence-electron chi connectivity index (χ4n) is 3.33. The van der Waals surface area contributed by atoms with Gasteiger partial charge < -0.3 is 14.4 Å². The Hall–Kier alpha value is -2.17. The number of hydrogen-bond donors (Lipinski definition) is 1. The number of aliphatic hydroxyl groups excluding tert-OH is 1. The number of aryl methyl sites for hydroxylation is 1. The van der Waals surface area contributed by atoms with Crippen molar-refractivity contribution in [1.82, 2.24) is 4.57 Å². The fraction of sp³-hybridized carbons (Fsp3) is 0.429. The van der Waals surface area contributed by atoms with E-state index in [1.165, 1.54) is 27.4 Å². The van der Waals surface area contributed by atoms with Crippen LogP contribution in [0.25, 0.3) is 11.3 Å². The summed E-state index contributed by atoms with van der Waals surface area (Å²) in [6.07, 6.45) is 3.22. The first-order valence-electron chi connectivity index (χ1n) is 11.6. The van der Waals surface area contributed by atoms with Crippen molar-refractivity contribution < 1.29 is 9.84 Å². The lowest BCUT2D eigenvalue weighted by Crippen LogP contribution is -2.10. The third-order valence-electron chi connectivity index (χ3n) is 4.74. The Morgan fingerprint density at radius 2 is 1.53 bits per heavy atom. The van der Waals surface area contributed by atoms with Crippen LogP contribution >= 0.6 is 11.8 Å². The molecule has 0 unspecified atom stereocenters. The standard InChI is InChI=1S/C24H29NOS.C2H6O.C2H6/c1-18(2)17-20-6-10-22(11-7-20)26-16-15-25-19(3)5-14-24(25)21-8-12-23(27-4)13-9-21;1-2-3;1-2/h5-14,18H,15-17H2,1-4H3;3H,2H2,1H3;1-2H3. The van der Waals surface area contributed by atoms with Crippen LogP contribution in [0.15, 0.2) is 65.6 Å². The Bertz CT molecular complexity index is 867. The van der Waals surface area contributed by atoms with E-state index < -0.39 is 0 Å².